The minimum atomic E-state index is 0.512. The molecule has 0 aliphatic heterocycles. The number of para-hydroxylation sites is 1. The molecule has 0 saturated heterocycles. The molecule has 26 heavy (non-hydrogen) atoms. The minimum absolute atomic E-state index is 0.512. The molecule has 2 aromatic heterocycles. The third-order valence-electron chi connectivity index (χ3n) is 3.93. The van der Waals surface area contributed by atoms with Gasteiger partial charge in [0.15, 0.2) is 0 Å². The van der Waals surface area contributed by atoms with Crippen LogP contribution in [0.2, 0.25) is 5.02 Å². The lowest BCUT2D eigenvalue weighted by atomic mass is 10.2. The van der Waals surface area contributed by atoms with Crippen molar-refractivity contribution in [1.82, 2.24) is 15.0 Å². The first-order chi connectivity index (χ1) is 12.8. The monoisotopic (exact) mass is 361 g/mol. The van der Waals surface area contributed by atoms with E-state index in [1.54, 1.807) is 12.4 Å². The summed E-state index contributed by atoms with van der Waals surface area (Å²) in [6, 6.07) is 19.4. The Balaban J connectivity index is 1.67. The van der Waals surface area contributed by atoms with Crippen molar-refractivity contribution in [2.24, 2.45) is 0 Å². The lowest BCUT2D eigenvalue weighted by Crippen LogP contribution is -2.06. The van der Waals surface area contributed by atoms with Gasteiger partial charge in [0.25, 0.3) is 0 Å². The van der Waals surface area contributed by atoms with E-state index in [0.29, 0.717) is 12.5 Å². The fourth-order valence-corrected chi connectivity index (χ4v) is 2.86. The maximum Gasteiger partial charge on any atom is 0.229 e. The Morgan fingerprint density at radius 2 is 1.73 bits per heavy atom. The molecule has 0 spiro atoms. The van der Waals surface area contributed by atoms with Gasteiger partial charge in [0.2, 0.25) is 5.95 Å². The Hall–Kier alpha value is -3.18. The summed E-state index contributed by atoms with van der Waals surface area (Å²) in [7, 11) is 0. The van der Waals surface area contributed by atoms with Crippen LogP contribution in [0.1, 0.15) is 5.56 Å². The number of aromatic nitrogens is 3. The predicted octanol–water partition coefficient (Wildman–Crippen LogP) is 5.03. The molecule has 6 heteroatoms. The van der Waals surface area contributed by atoms with Gasteiger partial charge in [0.1, 0.15) is 5.82 Å². The third kappa shape index (κ3) is 3.58. The molecule has 0 aliphatic carbocycles. The fraction of sp³-hybridized carbons (Fsp3) is 0.0500. The van der Waals surface area contributed by atoms with E-state index in [0.717, 1.165) is 33.0 Å². The number of hydrogen-bond acceptors (Lipinski definition) is 5. The maximum absolute atomic E-state index is 6.26. The largest absolute Gasteiger partial charge is 0.365 e. The predicted molar refractivity (Wildman–Crippen MR) is 106 cm³/mol. The van der Waals surface area contributed by atoms with Crippen LogP contribution in [0.25, 0.3) is 10.9 Å². The highest BCUT2D eigenvalue weighted by Gasteiger charge is 2.08. The molecule has 2 heterocycles. The summed E-state index contributed by atoms with van der Waals surface area (Å²) in [5.74, 6) is 1.26. The number of rotatable bonds is 5. The number of benzene rings is 2. The van der Waals surface area contributed by atoms with Crippen LogP contribution in [0.15, 0.2) is 73.1 Å². The first-order valence-corrected chi connectivity index (χ1v) is 8.58. The van der Waals surface area contributed by atoms with Crippen molar-refractivity contribution in [3.63, 3.8) is 0 Å². The van der Waals surface area contributed by atoms with E-state index in [9.17, 15) is 0 Å². The molecule has 0 unspecified atom stereocenters. The number of pyridine rings is 1. The summed E-state index contributed by atoms with van der Waals surface area (Å²) in [5, 5.41) is 8.26. The first-order valence-electron chi connectivity index (χ1n) is 8.21. The summed E-state index contributed by atoms with van der Waals surface area (Å²) in [4.78, 5) is 13.3. The van der Waals surface area contributed by atoms with Crippen molar-refractivity contribution in [2.45, 2.75) is 6.54 Å². The molecule has 0 atom stereocenters. The number of fused-ring (bicyclic) bond motifs is 1. The highest BCUT2D eigenvalue weighted by molar-refractivity contribution is 6.31. The fourth-order valence-electron chi connectivity index (χ4n) is 2.65. The van der Waals surface area contributed by atoms with Crippen LogP contribution in [-0.4, -0.2) is 15.0 Å². The second-order valence-electron chi connectivity index (χ2n) is 5.72. The van der Waals surface area contributed by atoms with E-state index in [1.165, 1.54) is 0 Å². The van der Waals surface area contributed by atoms with Gasteiger partial charge >= 0.3 is 0 Å². The average Bonchev–Trinajstić information content (AvgIpc) is 2.68. The van der Waals surface area contributed by atoms with Gasteiger partial charge in [-0.05, 0) is 35.9 Å². The zero-order valence-electron chi connectivity index (χ0n) is 13.9. The molecule has 0 bridgehead atoms. The Bertz CT molecular complexity index is 1040. The van der Waals surface area contributed by atoms with E-state index in [4.69, 9.17) is 11.6 Å². The maximum atomic E-state index is 6.26. The smallest absolute Gasteiger partial charge is 0.229 e. The van der Waals surface area contributed by atoms with Gasteiger partial charge in [-0.3, -0.25) is 4.98 Å². The summed E-state index contributed by atoms with van der Waals surface area (Å²) < 4.78 is 0. The molecule has 0 fully saturated rings. The minimum Gasteiger partial charge on any atom is -0.365 e. The molecule has 5 nitrogen and oxygen atoms in total. The SMILES string of the molecule is Clc1ccccc1CNc1nc(Nc2cccnc2)nc2ccccc12. The molecule has 4 rings (SSSR count). The number of halogens is 1. The van der Waals surface area contributed by atoms with E-state index in [1.807, 2.05) is 60.7 Å². The Labute approximate surface area is 156 Å². The Kier molecular flexibility index (Phi) is 4.62. The van der Waals surface area contributed by atoms with Gasteiger partial charge in [-0.15, -0.1) is 0 Å². The number of nitrogens with zero attached hydrogens (tertiary/aromatic N) is 3. The van der Waals surface area contributed by atoms with Crippen LogP contribution in [0.3, 0.4) is 0 Å². The summed E-state index contributed by atoms with van der Waals surface area (Å²) in [6.07, 6.45) is 3.46. The molecular weight excluding hydrogens is 346 g/mol. The molecular formula is C20H16ClN5. The number of nitrogens with one attached hydrogen (secondary N) is 2. The van der Waals surface area contributed by atoms with Crippen LogP contribution in [0.4, 0.5) is 17.5 Å². The third-order valence-corrected chi connectivity index (χ3v) is 4.29. The zero-order valence-corrected chi connectivity index (χ0v) is 14.6. The summed E-state index contributed by atoms with van der Waals surface area (Å²) in [6.45, 7) is 0.576. The van der Waals surface area contributed by atoms with E-state index in [2.05, 4.69) is 25.6 Å². The number of hydrogen-bond donors (Lipinski definition) is 2. The van der Waals surface area contributed by atoms with Crippen molar-refractivity contribution in [2.75, 3.05) is 10.6 Å². The molecule has 4 aromatic rings. The van der Waals surface area contributed by atoms with E-state index >= 15 is 0 Å². The van der Waals surface area contributed by atoms with E-state index in [-0.39, 0.29) is 0 Å². The molecule has 2 aromatic carbocycles. The van der Waals surface area contributed by atoms with E-state index < -0.39 is 0 Å². The van der Waals surface area contributed by atoms with Crippen molar-refractivity contribution in [1.29, 1.82) is 0 Å². The second kappa shape index (κ2) is 7.37. The van der Waals surface area contributed by atoms with Gasteiger partial charge in [-0.25, -0.2) is 4.98 Å². The van der Waals surface area contributed by atoms with Crippen LogP contribution >= 0.6 is 11.6 Å². The van der Waals surface area contributed by atoms with Crippen molar-refractivity contribution < 1.29 is 0 Å². The normalized spacial score (nSPS) is 10.7. The highest BCUT2D eigenvalue weighted by atomic mass is 35.5. The molecule has 128 valence electrons. The van der Waals surface area contributed by atoms with Crippen molar-refractivity contribution in [3.05, 3.63) is 83.6 Å². The standard InChI is InChI=1S/C20H16ClN5/c21-17-9-3-1-6-14(17)12-23-19-16-8-2-4-10-18(16)25-20(26-19)24-15-7-5-11-22-13-15/h1-11,13H,12H2,(H2,23,24,25,26). The molecule has 0 saturated carbocycles. The molecule has 0 amide bonds. The van der Waals surface area contributed by atoms with Crippen molar-refractivity contribution in [3.8, 4) is 0 Å². The van der Waals surface area contributed by atoms with Gasteiger partial charge < -0.3 is 10.6 Å². The average molecular weight is 362 g/mol. The van der Waals surface area contributed by atoms with Crippen LogP contribution < -0.4 is 10.6 Å². The summed E-state index contributed by atoms with van der Waals surface area (Å²) >= 11 is 6.26. The second-order valence-corrected chi connectivity index (χ2v) is 6.13. The van der Waals surface area contributed by atoms with Crippen molar-refractivity contribution >= 4 is 40.0 Å². The van der Waals surface area contributed by atoms with Crippen LogP contribution in [0, 0.1) is 0 Å². The molecule has 0 aliphatic rings. The van der Waals surface area contributed by atoms with Gasteiger partial charge in [-0.2, -0.15) is 4.98 Å². The molecule has 0 radical (unpaired) electrons. The Morgan fingerprint density at radius 1 is 0.885 bits per heavy atom. The lowest BCUT2D eigenvalue weighted by Gasteiger charge is -2.12. The van der Waals surface area contributed by atoms with Gasteiger partial charge in [0.05, 0.1) is 17.4 Å². The topological polar surface area (TPSA) is 62.7 Å². The highest BCUT2D eigenvalue weighted by Crippen LogP contribution is 2.24. The van der Waals surface area contributed by atoms with Gasteiger partial charge in [-0.1, -0.05) is 41.9 Å². The Morgan fingerprint density at radius 3 is 2.58 bits per heavy atom. The first kappa shape index (κ1) is 16.3. The quantitative estimate of drug-likeness (QED) is 0.521. The van der Waals surface area contributed by atoms with Crippen LogP contribution in [0.5, 0.6) is 0 Å². The number of anilines is 3. The summed E-state index contributed by atoms with van der Waals surface area (Å²) in [5.41, 5.74) is 2.70. The molecule has 2 N–H and O–H groups in total. The zero-order chi connectivity index (χ0) is 17.8. The lowest BCUT2D eigenvalue weighted by molar-refractivity contribution is 1.10. The van der Waals surface area contributed by atoms with Gasteiger partial charge in [0, 0.05) is 23.2 Å². The van der Waals surface area contributed by atoms with Crippen LogP contribution in [-0.2, 0) is 6.54 Å².